The van der Waals surface area contributed by atoms with Crippen LogP contribution in [0.3, 0.4) is 0 Å². The van der Waals surface area contributed by atoms with E-state index < -0.39 is 0 Å². The monoisotopic (exact) mass is 343 g/mol. The zero-order valence-electron chi connectivity index (χ0n) is 10.2. The van der Waals surface area contributed by atoms with E-state index in [2.05, 4.69) is 21.2 Å². The third-order valence-corrected chi connectivity index (χ3v) is 3.58. The molecule has 2 rings (SSSR count). The third-order valence-electron chi connectivity index (χ3n) is 2.63. The maximum absolute atomic E-state index is 13.1. The highest BCUT2D eigenvalue weighted by molar-refractivity contribution is 9.10. The fourth-order valence-electron chi connectivity index (χ4n) is 1.65. The molecule has 0 bridgehead atoms. The Morgan fingerprint density at radius 3 is 2.74 bits per heavy atom. The Morgan fingerprint density at radius 2 is 2.05 bits per heavy atom. The first-order valence-corrected chi connectivity index (χ1v) is 6.78. The van der Waals surface area contributed by atoms with Gasteiger partial charge in [0, 0.05) is 6.54 Å². The maximum Gasteiger partial charge on any atom is 0.133 e. The van der Waals surface area contributed by atoms with Gasteiger partial charge in [0.1, 0.15) is 11.6 Å². The van der Waals surface area contributed by atoms with Crippen molar-refractivity contribution in [1.82, 2.24) is 0 Å². The van der Waals surface area contributed by atoms with Crippen molar-refractivity contribution in [3.8, 4) is 5.75 Å². The number of anilines is 1. The molecule has 100 valence electrons. The van der Waals surface area contributed by atoms with Crippen molar-refractivity contribution < 1.29 is 9.13 Å². The predicted octanol–water partition coefficient (Wildman–Crippen LogP) is 4.86. The Kier molecular flexibility index (Phi) is 4.66. The largest absolute Gasteiger partial charge is 0.496 e. The van der Waals surface area contributed by atoms with Gasteiger partial charge in [0.2, 0.25) is 0 Å². The second-order valence-electron chi connectivity index (χ2n) is 3.95. The molecule has 2 aromatic rings. The molecular formula is C14H12BrClFNO. The summed E-state index contributed by atoms with van der Waals surface area (Å²) in [4.78, 5) is 0. The van der Waals surface area contributed by atoms with E-state index in [4.69, 9.17) is 16.3 Å². The van der Waals surface area contributed by atoms with Crippen molar-refractivity contribution in [2.45, 2.75) is 6.54 Å². The van der Waals surface area contributed by atoms with Crippen LogP contribution in [-0.2, 0) is 6.54 Å². The van der Waals surface area contributed by atoms with Gasteiger partial charge in [-0.05, 0) is 51.8 Å². The van der Waals surface area contributed by atoms with E-state index in [1.807, 2.05) is 18.2 Å². The van der Waals surface area contributed by atoms with Crippen molar-refractivity contribution in [2.75, 3.05) is 12.4 Å². The molecule has 0 radical (unpaired) electrons. The number of hydrogen-bond acceptors (Lipinski definition) is 2. The van der Waals surface area contributed by atoms with Gasteiger partial charge in [-0.3, -0.25) is 0 Å². The molecule has 0 saturated carbocycles. The molecule has 0 spiro atoms. The summed E-state index contributed by atoms with van der Waals surface area (Å²) in [6.45, 7) is 0.547. The zero-order chi connectivity index (χ0) is 13.8. The lowest BCUT2D eigenvalue weighted by Gasteiger charge is -2.10. The number of methoxy groups -OCH3 is 1. The van der Waals surface area contributed by atoms with Gasteiger partial charge in [0.25, 0.3) is 0 Å². The van der Waals surface area contributed by atoms with E-state index in [0.29, 0.717) is 17.3 Å². The summed E-state index contributed by atoms with van der Waals surface area (Å²) in [6, 6.07) is 9.98. The lowest BCUT2D eigenvalue weighted by atomic mass is 10.2. The van der Waals surface area contributed by atoms with Crippen LogP contribution in [-0.4, -0.2) is 7.11 Å². The van der Waals surface area contributed by atoms with E-state index in [-0.39, 0.29) is 5.82 Å². The Morgan fingerprint density at radius 1 is 1.26 bits per heavy atom. The summed E-state index contributed by atoms with van der Waals surface area (Å²) in [5.74, 6) is 0.454. The van der Waals surface area contributed by atoms with E-state index in [1.165, 1.54) is 18.2 Å². The van der Waals surface area contributed by atoms with Crippen LogP contribution in [0.15, 0.2) is 40.9 Å². The van der Waals surface area contributed by atoms with Gasteiger partial charge in [0.15, 0.2) is 0 Å². The number of benzene rings is 2. The Hall–Kier alpha value is -1.26. The smallest absolute Gasteiger partial charge is 0.133 e. The molecule has 0 saturated heterocycles. The average Bonchev–Trinajstić information content (AvgIpc) is 2.40. The highest BCUT2D eigenvalue weighted by Gasteiger charge is 2.04. The highest BCUT2D eigenvalue weighted by Crippen LogP contribution is 2.27. The number of nitrogens with one attached hydrogen (secondary N) is 1. The van der Waals surface area contributed by atoms with Crippen molar-refractivity contribution in [2.24, 2.45) is 0 Å². The lowest BCUT2D eigenvalue weighted by Crippen LogP contribution is -2.00. The molecule has 2 nitrogen and oxygen atoms in total. The molecule has 0 fully saturated rings. The van der Waals surface area contributed by atoms with Gasteiger partial charge < -0.3 is 10.1 Å². The molecule has 2 aromatic carbocycles. The summed E-state index contributed by atoms with van der Waals surface area (Å²) >= 11 is 9.40. The van der Waals surface area contributed by atoms with Crippen molar-refractivity contribution in [1.29, 1.82) is 0 Å². The minimum absolute atomic E-state index is 0.317. The third kappa shape index (κ3) is 3.61. The molecule has 0 unspecified atom stereocenters. The van der Waals surface area contributed by atoms with Crippen LogP contribution in [0.2, 0.25) is 5.02 Å². The molecule has 0 atom stereocenters. The van der Waals surface area contributed by atoms with E-state index in [9.17, 15) is 4.39 Å². The van der Waals surface area contributed by atoms with Gasteiger partial charge in [0.05, 0.1) is 22.3 Å². The fourth-order valence-corrected chi connectivity index (χ4v) is 2.42. The highest BCUT2D eigenvalue weighted by atomic mass is 79.9. The second-order valence-corrected chi connectivity index (χ2v) is 5.21. The molecule has 0 aliphatic carbocycles. The minimum atomic E-state index is -0.317. The molecule has 0 heterocycles. The first-order chi connectivity index (χ1) is 9.10. The zero-order valence-corrected chi connectivity index (χ0v) is 12.6. The van der Waals surface area contributed by atoms with E-state index in [1.54, 1.807) is 7.11 Å². The summed E-state index contributed by atoms with van der Waals surface area (Å²) in [6.07, 6.45) is 0. The van der Waals surface area contributed by atoms with Gasteiger partial charge in [-0.2, -0.15) is 0 Å². The van der Waals surface area contributed by atoms with Gasteiger partial charge in [-0.25, -0.2) is 4.39 Å². The van der Waals surface area contributed by atoms with Crippen LogP contribution in [0.25, 0.3) is 0 Å². The normalized spacial score (nSPS) is 10.3. The van der Waals surface area contributed by atoms with E-state index >= 15 is 0 Å². The van der Waals surface area contributed by atoms with Crippen LogP contribution in [0.4, 0.5) is 10.1 Å². The van der Waals surface area contributed by atoms with Crippen LogP contribution < -0.4 is 10.1 Å². The Balaban J connectivity index is 2.10. The van der Waals surface area contributed by atoms with Crippen molar-refractivity contribution in [3.63, 3.8) is 0 Å². The Labute approximate surface area is 124 Å². The summed E-state index contributed by atoms with van der Waals surface area (Å²) < 4.78 is 19.1. The molecule has 0 aliphatic rings. The predicted molar refractivity (Wildman–Crippen MR) is 79.4 cm³/mol. The van der Waals surface area contributed by atoms with Crippen LogP contribution in [0.5, 0.6) is 5.75 Å². The summed E-state index contributed by atoms with van der Waals surface area (Å²) in [5, 5.41) is 3.60. The fraction of sp³-hybridized carbons (Fsp3) is 0.143. The maximum atomic E-state index is 13.1. The summed E-state index contributed by atoms with van der Waals surface area (Å²) in [7, 11) is 1.62. The SMILES string of the molecule is COc1ccc(CNc2cc(F)ccc2Cl)cc1Br. The molecule has 5 heteroatoms. The number of hydrogen-bond donors (Lipinski definition) is 1. The molecule has 0 aliphatic heterocycles. The van der Waals surface area contributed by atoms with Gasteiger partial charge in [-0.15, -0.1) is 0 Å². The van der Waals surface area contributed by atoms with Crippen LogP contribution >= 0.6 is 27.5 Å². The van der Waals surface area contributed by atoms with Crippen molar-refractivity contribution >= 4 is 33.2 Å². The van der Waals surface area contributed by atoms with Crippen LogP contribution in [0.1, 0.15) is 5.56 Å². The topological polar surface area (TPSA) is 21.3 Å². The first-order valence-electron chi connectivity index (χ1n) is 5.61. The lowest BCUT2D eigenvalue weighted by molar-refractivity contribution is 0.412. The summed E-state index contributed by atoms with van der Waals surface area (Å²) in [5.41, 5.74) is 1.61. The van der Waals surface area contributed by atoms with Crippen molar-refractivity contribution in [3.05, 3.63) is 57.3 Å². The number of rotatable bonds is 4. The molecule has 19 heavy (non-hydrogen) atoms. The van der Waals surface area contributed by atoms with Gasteiger partial charge >= 0.3 is 0 Å². The standard InChI is InChI=1S/C14H12BrClFNO/c1-19-14-5-2-9(6-11(14)15)8-18-13-7-10(17)3-4-12(13)16/h2-7,18H,8H2,1H3. The average molecular weight is 345 g/mol. The molecular weight excluding hydrogens is 333 g/mol. The molecule has 0 amide bonds. The first kappa shape index (κ1) is 14.2. The van der Waals surface area contributed by atoms with Gasteiger partial charge in [-0.1, -0.05) is 17.7 Å². The number of halogens is 3. The Bertz CT molecular complexity index is 592. The van der Waals surface area contributed by atoms with E-state index in [0.717, 1.165) is 15.8 Å². The molecule has 1 N–H and O–H groups in total. The number of ether oxygens (including phenoxy) is 1. The minimum Gasteiger partial charge on any atom is -0.496 e. The van der Waals surface area contributed by atoms with Crippen LogP contribution in [0, 0.1) is 5.82 Å². The quantitative estimate of drug-likeness (QED) is 0.855. The molecule has 0 aromatic heterocycles. The second kappa shape index (κ2) is 6.26.